The Bertz CT molecular complexity index is 759. The zero-order chi connectivity index (χ0) is 18.5. The van der Waals surface area contributed by atoms with Crippen LogP contribution in [0.2, 0.25) is 0 Å². The summed E-state index contributed by atoms with van der Waals surface area (Å²) in [6.07, 6.45) is 3.28. The number of hydrogen-bond acceptors (Lipinski definition) is 5. The van der Waals surface area contributed by atoms with Crippen LogP contribution in [0.25, 0.3) is 0 Å². The third-order valence-corrected chi connectivity index (χ3v) is 5.80. The quantitative estimate of drug-likeness (QED) is 0.693. The molecule has 1 aromatic carbocycles. The Morgan fingerprint density at radius 3 is 2.50 bits per heavy atom. The molecule has 4 nitrogen and oxygen atoms in total. The fraction of sp³-hybridized carbons (Fsp3) is 0.476. The molecule has 26 heavy (non-hydrogen) atoms. The van der Waals surface area contributed by atoms with Crippen molar-refractivity contribution < 1.29 is 9.59 Å². The first-order valence-corrected chi connectivity index (χ1v) is 10.1. The summed E-state index contributed by atoms with van der Waals surface area (Å²) in [5, 5.41) is 2.96. The highest BCUT2D eigenvalue weighted by Gasteiger charge is 2.17. The number of thiazole rings is 1. The molecule has 0 spiro atoms. The lowest BCUT2D eigenvalue weighted by molar-refractivity contribution is -0.116. The van der Waals surface area contributed by atoms with E-state index < -0.39 is 0 Å². The molecule has 0 N–H and O–H groups in total. The van der Waals surface area contributed by atoms with Crippen molar-refractivity contribution >= 4 is 22.9 Å². The molecular formula is C21H26N2O2S. The number of benzene rings is 1. The third kappa shape index (κ3) is 5.32. The fourth-order valence-electron chi connectivity index (χ4n) is 3.29. The van der Waals surface area contributed by atoms with Crippen molar-refractivity contribution in [2.24, 2.45) is 5.92 Å². The van der Waals surface area contributed by atoms with Crippen LogP contribution in [0.1, 0.15) is 53.3 Å². The molecule has 0 aliphatic carbocycles. The molecule has 3 rings (SSSR count). The maximum Gasteiger partial charge on any atom is 0.169 e. The highest BCUT2D eigenvalue weighted by atomic mass is 32.1. The molecule has 1 aliphatic rings. The molecule has 0 amide bonds. The molecular weight excluding hydrogens is 344 g/mol. The van der Waals surface area contributed by atoms with E-state index in [1.165, 1.54) is 12.8 Å². The largest absolute Gasteiger partial charge is 0.300 e. The second-order valence-electron chi connectivity index (χ2n) is 7.37. The van der Waals surface area contributed by atoms with E-state index in [4.69, 9.17) is 0 Å². The van der Waals surface area contributed by atoms with Gasteiger partial charge in [-0.2, -0.15) is 0 Å². The van der Waals surface area contributed by atoms with Crippen LogP contribution in [0, 0.1) is 5.92 Å². The molecule has 5 heteroatoms. The number of hydrogen-bond donors (Lipinski definition) is 0. The second kappa shape index (κ2) is 8.69. The van der Waals surface area contributed by atoms with Crippen LogP contribution in [0.4, 0.5) is 0 Å². The predicted octanol–water partition coefficient (Wildman–Crippen LogP) is 3.93. The van der Waals surface area contributed by atoms with Gasteiger partial charge in [-0.25, -0.2) is 4.98 Å². The normalized spacial score (nSPS) is 15.9. The molecule has 1 aliphatic heterocycles. The third-order valence-electron chi connectivity index (χ3n) is 4.90. The first-order valence-electron chi connectivity index (χ1n) is 9.27. The van der Waals surface area contributed by atoms with Crippen LogP contribution < -0.4 is 0 Å². The average molecular weight is 371 g/mol. The van der Waals surface area contributed by atoms with Crippen molar-refractivity contribution in [3.63, 3.8) is 0 Å². The number of piperidine rings is 1. The Balaban J connectivity index is 1.54. The van der Waals surface area contributed by atoms with Crippen molar-refractivity contribution in [3.05, 3.63) is 51.5 Å². The van der Waals surface area contributed by atoms with Gasteiger partial charge in [0.15, 0.2) is 5.78 Å². The Labute approximate surface area is 159 Å². The fourth-order valence-corrected chi connectivity index (χ4v) is 4.07. The van der Waals surface area contributed by atoms with Crippen LogP contribution in [0.3, 0.4) is 0 Å². The summed E-state index contributed by atoms with van der Waals surface area (Å²) in [7, 11) is 0. The first-order chi connectivity index (χ1) is 12.5. The average Bonchev–Trinajstić information content (AvgIpc) is 3.04. The topological polar surface area (TPSA) is 50.3 Å². The lowest BCUT2D eigenvalue weighted by Gasteiger charge is -2.29. The van der Waals surface area contributed by atoms with Crippen molar-refractivity contribution in [1.82, 2.24) is 9.88 Å². The predicted molar refractivity (Wildman–Crippen MR) is 105 cm³/mol. The first kappa shape index (κ1) is 18.9. The number of carbonyl (C=O) groups excluding carboxylic acids is 2. The van der Waals surface area contributed by atoms with E-state index >= 15 is 0 Å². The molecule has 1 fully saturated rings. The minimum absolute atomic E-state index is 0.0760. The smallest absolute Gasteiger partial charge is 0.169 e. The molecule has 0 unspecified atom stereocenters. The van der Waals surface area contributed by atoms with Gasteiger partial charge in [0.1, 0.15) is 10.8 Å². The standard InChI is InChI=1S/C21H26N2O2S/c1-15-7-9-23(10-8-15)13-19-14-26-21(22-19)12-20(25)18-5-3-17(4-6-18)11-16(2)24/h3-6,14-15H,7-13H2,1-2H3. The van der Waals surface area contributed by atoms with Crippen molar-refractivity contribution in [3.8, 4) is 0 Å². The number of carbonyl (C=O) groups is 2. The summed E-state index contributed by atoms with van der Waals surface area (Å²) in [6, 6.07) is 7.34. The lowest BCUT2D eigenvalue weighted by Crippen LogP contribution is -2.32. The molecule has 1 saturated heterocycles. The van der Waals surface area contributed by atoms with E-state index in [9.17, 15) is 9.59 Å². The number of likely N-dealkylation sites (tertiary alicyclic amines) is 1. The van der Waals surface area contributed by atoms with Gasteiger partial charge in [-0.15, -0.1) is 11.3 Å². The van der Waals surface area contributed by atoms with Gasteiger partial charge in [-0.05, 0) is 44.3 Å². The molecule has 2 heterocycles. The number of ketones is 2. The van der Waals surface area contributed by atoms with Crippen LogP contribution in [-0.2, 0) is 24.2 Å². The lowest BCUT2D eigenvalue weighted by atomic mass is 9.99. The van der Waals surface area contributed by atoms with Gasteiger partial charge in [0.25, 0.3) is 0 Å². The minimum atomic E-state index is 0.0760. The molecule has 0 radical (unpaired) electrons. The molecule has 0 saturated carbocycles. The summed E-state index contributed by atoms with van der Waals surface area (Å²) < 4.78 is 0. The van der Waals surface area contributed by atoms with Gasteiger partial charge in [-0.1, -0.05) is 31.2 Å². The number of Topliss-reactive ketones (excluding diaryl/α,β-unsaturated/α-hetero) is 2. The number of rotatable bonds is 7. The second-order valence-corrected chi connectivity index (χ2v) is 8.31. The Hall–Kier alpha value is -1.85. The zero-order valence-corrected chi connectivity index (χ0v) is 16.3. The van der Waals surface area contributed by atoms with E-state index in [1.54, 1.807) is 18.3 Å². The van der Waals surface area contributed by atoms with E-state index in [0.717, 1.165) is 41.8 Å². The van der Waals surface area contributed by atoms with E-state index in [0.29, 0.717) is 18.4 Å². The number of aromatic nitrogens is 1. The van der Waals surface area contributed by atoms with Crippen molar-refractivity contribution in [1.29, 1.82) is 0 Å². The van der Waals surface area contributed by atoms with Gasteiger partial charge in [0.05, 0.1) is 12.1 Å². The van der Waals surface area contributed by atoms with Crippen molar-refractivity contribution in [2.45, 2.75) is 46.1 Å². The number of nitrogens with zero attached hydrogens (tertiary/aromatic N) is 2. The Kier molecular flexibility index (Phi) is 6.33. The Morgan fingerprint density at radius 1 is 1.15 bits per heavy atom. The summed E-state index contributed by atoms with van der Waals surface area (Å²) >= 11 is 1.57. The van der Waals surface area contributed by atoms with Gasteiger partial charge >= 0.3 is 0 Å². The maximum absolute atomic E-state index is 12.5. The van der Waals surface area contributed by atoms with Gasteiger partial charge in [0.2, 0.25) is 0 Å². The van der Waals surface area contributed by atoms with Gasteiger partial charge in [0, 0.05) is 23.9 Å². The molecule has 1 aromatic heterocycles. The summed E-state index contributed by atoms with van der Waals surface area (Å²) in [6.45, 7) is 7.05. The minimum Gasteiger partial charge on any atom is -0.300 e. The van der Waals surface area contributed by atoms with Crippen molar-refractivity contribution in [2.75, 3.05) is 13.1 Å². The van der Waals surface area contributed by atoms with E-state index in [-0.39, 0.29) is 11.6 Å². The summed E-state index contributed by atoms with van der Waals surface area (Å²) in [5.41, 5.74) is 2.70. The molecule has 0 bridgehead atoms. The molecule has 0 atom stereocenters. The van der Waals surface area contributed by atoms with E-state index in [1.807, 2.05) is 24.3 Å². The SMILES string of the molecule is CC(=O)Cc1ccc(C(=O)Cc2nc(CN3CCC(C)CC3)cs2)cc1. The molecule has 138 valence electrons. The summed E-state index contributed by atoms with van der Waals surface area (Å²) in [4.78, 5) is 30.7. The Morgan fingerprint density at radius 2 is 1.85 bits per heavy atom. The molecule has 2 aromatic rings. The highest BCUT2D eigenvalue weighted by Crippen LogP contribution is 2.20. The summed E-state index contributed by atoms with van der Waals surface area (Å²) in [5.74, 6) is 1.03. The van der Waals surface area contributed by atoms with Crippen LogP contribution in [0.5, 0.6) is 0 Å². The maximum atomic E-state index is 12.5. The van der Waals surface area contributed by atoms with Crippen LogP contribution >= 0.6 is 11.3 Å². The van der Waals surface area contributed by atoms with Gasteiger partial charge in [-0.3, -0.25) is 14.5 Å². The monoisotopic (exact) mass is 370 g/mol. The van der Waals surface area contributed by atoms with Gasteiger partial charge < -0.3 is 0 Å². The van der Waals surface area contributed by atoms with E-state index in [2.05, 4.69) is 22.2 Å². The highest BCUT2D eigenvalue weighted by molar-refractivity contribution is 7.09. The van der Waals surface area contributed by atoms with Crippen LogP contribution in [-0.4, -0.2) is 34.5 Å². The zero-order valence-electron chi connectivity index (χ0n) is 15.5. The van der Waals surface area contributed by atoms with Crippen LogP contribution in [0.15, 0.2) is 29.6 Å².